The molecule has 0 aromatic rings. The maximum Gasteiger partial charge on any atom is -0.147 e. The molecule has 0 unspecified atom stereocenters. The molecule has 0 aromatic carbocycles. The summed E-state index contributed by atoms with van der Waals surface area (Å²) in [6, 6.07) is 0. The van der Waals surface area contributed by atoms with E-state index >= 15 is 0 Å². The Bertz CT molecular complexity index is 153. The Morgan fingerprint density at radius 1 is 1.42 bits per heavy atom. The summed E-state index contributed by atoms with van der Waals surface area (Å²) in [5.74, 6) is 0. The van der Waals surface area contributed by atoms with Crippen LogP contribution in [0.2, 0.25) is 4.18 Å². The molecule has 70 valence electrons. The first-order valence-electron chi connectivity index (χ1n) is 4.03. The molecule has 0 bridgehead atoms. The summed E-state index contributed by atoms with van der Waals surface area (Å²) in [6.45, 7) is 2.28. The molecule has 0 atom stereocenters. The number of rotatable bonds is 4. The summed E-state index contributed by atoms with van der Waals surface area (Å²) >= 11 is -0.283. The minimum Gasteiger partial charge on any atom is -0.147 e. The monoisotopic (exact) mass is 374 g/mol. The van der Waals surface area contributed by atoms with E-state index < -0.39 is 0 Å². The fourth-order valence-corrected chi connectivity index (χ4v) is 5.77. The van der Waals surface area contributed by atoms with Crippen molar-refractivity contribution in [3.8, 4) is 0 Å². The predicted octanol–water partition coefficient (Wildman–Crippen LogP) is 3.97. The molecule has 0 radical (unpaired) electrons. The second kappa shape index (κ2) is 10.0. The molecule has 1 rings (SSSR count). The molecule has 0 spiro atoms. The molecular formula is C9H16Cl2Hf. The molecule has 0 heterocycles. The van der Waals surface area contributed by atoms with Crippen LogP contribution in [0.25, 0.3) is 0 Å². The third-order valence-electron chi connectivity index (χ3n) is 1.65. The Labute approximate surface area is 99.1 Å². The Kier molecular flexibility index (Phi) is 12.9. The average Bonchev–Trinajstić information content (AvgIpc) is 2.41. The third-order valence-corrected chi connectivity index (χ3v) is 6.79. The first kappa shape index (κ1) is 15.4. The maximum atomic E-state index is 2.35. The van der Waals surface area contributed by atoms with E-state index in [4.69, 9.17) is 0 Å². The van der Waals surface area contributed by atoms with Crippen molar-refractivity contribution < 1.29 is 22.9 Å². The molecule has 0 saturated carbocycles. The minimum atomic E-state index is -0.283. The predicted molar refractivity (Wildman–Crippen MR) is 56.1 cm³/mol. The van der Waals surface area contributed by atoms with Crippen LogP contribution >= 0.6 is 24.8 Å². The van der Waals surface area contributed by atoms with Crippen LogP contribution in [0.15, 0.2) is 21.6 Å². The summed E-state index contributed by atoms with van der Waals surface area (Å²) in [6.07, 6.45) is 11.0. The Morgan fingerprint density at radius 2 is 2.17 bits per heavy atom. The van der Waals surface area contributed by atoms with Crippen molar-refractivity contribution in [2.75, 3.05) is 0 Å². The molecule has 0 aromatic heterocycles. The zero-order valence-electron chi connectivity index (χ0n) is 7.38. The van der Waals surface area contributed by atoms with E-state index in [2.05, 4.69) is 25.2 Å². The van der Waals surface area contributed by atoms with Gasteiger partial charge in [0.15, 0.2) is 0 Å². The largest absolute Gasteiger partial charge is 0.147 e. The van der Waals surface area contributed by atoms with E-state index in [9.17, 15) is 0 Å². The van der Waals surface area contributed by atoms with E-state index in [0.717, 1.165) is 0 Å². The maximum absolute atomic E-state index is 2.35. The standard InChI is InChI=1S/C5H5.C4H9.2ClH.Hf/c1-2-4-5-3-1;1-3-4-2;;;/h1-3H,4H2;1,3-4H2,2H3;2*1H;. The van der Waals surface area contributed by atoms with Crippen molar-refractivity contribution in [1.29, 1.82) is 0 Å². The SMILES string of the molecule is CCC[CH2][Hf][C]1=CC=CC1.Cl.Cl. The molecule has 0 amide bonds. The van der Waals surface area contributed by atoms with Crippen LogP contribution in [-0.4, -0.2) is 0 Å². The molecule has 12 heavy (non-hydrogen) atoms. The normalized spacial score (nSPS) is 12.9. The van der Waals surface area contributed by atoms with Crippen LogP contribution in [-0.2, 0) is 22.9 Å². The third kappa shape index (κ3) is 6.45. The molecule has 0 N–H and O–H groups in total. The molecule has 3 heteroatoms. The summed E-state index contributed by atoms with van der Waals surface area (Å²) in [5, 5.41) is 0. The van der Waals surface area contributed by atoms with E-state index in [0.29, 0.717) is 0 Å². The van der Waals surface area contributed by atoms with E-state index in [-0.39, 0.29) is 47.7 Å². The van der Waals surface area contributed by atoms with Crippen LogP contribution in [0.5, 0.6) is 0 Å². The number of halogens is 2. The van der Waals surface area contributed by atoms with Crippen LogP contribution in [0.4, 0.5) is 0 Å². The number of hydrogen-bond donors (Lipinski definition) is 0. The summed E-state index contributed by atoms with van der Waals surface area (Å²) in [7, 11) is 0. The summed E-state index contributed by atoms with van der Waals surface area (Å²) < 4.78 is 3.39. The topological polar surface area (TPSA) is 0 Å². The second-order valence-corrected chi connectivity index (χ2v) is 7.98. The molecule has 0 fully saturated rings. The van der Waals surface area contributed by atoms with Crippen molar-refractivity contribution in [3.05, 3.63) is 21.6 Å². The molecule has 1 aliphatic carbocycles. The van der Waals surface area contributed by atoms with Gasteiger partial charge >= 0.3 is 74.8 Å². The molecule has 1 aliphatic rings. The first-order valence-corrected chi connectivity index (χ1v) is 8.36. The number of hydrogen-bond acceptors (Lipinski definition) is 0. The van der Waals surface area contributed by atoms with Crippen LogP contribution in [0.1, 0.15) is 26.2 Å². The average molecular weight is 374 g/mol. The summed E-state index contributed by atoms with van der Waals surface area (Å²) in [5.41, 5.74) is 0. The van der Waals surface area contributed by atoms with Gasteiger partial charge in [-0.1, -0.05) is 0 Å². The fraction of sp³-hybridized carbons (Fsp3) is 0.556. The van der Waals surface area contributed by atoms with Crippen molar-refractivity contribution in [1.82, 2.24) is 0 Å². The quantitative estimate of drug-likeness (QED) is 0.517. The van der Waals surface area contributed by atoms with Crippen LogP contribution < -0.4 is 0 Å². The van der Waals surface area contributed by atoms with Crippen molar-refractivity contribution in [3.63, 3.8) is 0 Å². The molecule has 0 saturated heterocycles. The second-order valence-electron chi connectivity index (χ2n) is 2.60. The van der Waals surface area contributed by atoms with Gasteiger partial charge in [0, 0.05) is 0 Å². The Morgan fingerprint density at radius 3 is 2.67 bits per heavy atom. The summed E-state index contributed by atoms with van der Waals surface area (Å²) in [4.78, 5) is 0. The van der Waals surface area contributed by atoms with Gasteiger partial charge in [0.2, 0.25) is 0 Å². The van der Waals surface area contributed by atoms with Crippen molar-refractivity contribution in [2.45, 2.75) is 30.4 Å². The molecular weight excluding hydrogens is 357 g/mol. The van der Waals surface area contributed by atoms with Crippen molar-refractivity contribution in [2.24, 2.45) is 0 Å². The Hall–Kier alpha value is 0.930. The van der Waals surface area contributed by atoms with Gasteiger partial charge in [-0.15, -0.1) is 24.8 Å². The van der Waals surface area contributed by atoms with Crippen LogP contribution in [0, 0.1) is 0 Å². The van der Waals surface area contributed by atoms with E-state index in [1.54, 1.807) is 4.18 Å². The fourth-order valence-electron chi connectivity index (χ4n) is 1.00. The van der Waals surface area contributed by atoms with Gasteiger partial charge in [-0.05, 0) is 0 Å². The van der Waals surface area contributed by atoms with Gasteiger partial charge in [-0.2, -0.15) is 0 Å². The van der Waals surface area contributed by atoms with Gasteiger partial charge in [-0.3, -0.25) is 0 Å². The number of allylic oxidation sites excluding steroid dienone is 4. The van der Waals surface area contributed by atoms with Gasteiger partial charge < -0.3 is 0 Å². The Balaban J connectivity index is 0. The van der Waals surface area contributed by atoms with Crippen LogP contribution in [0.3, 0.4) is 0 Å². The van der Waals surface area contributed by atoms with E-state index in [1.807, 2.05) is 3.33 Å². The smallest absolute Gasteiger partial charge is 0.147 e. The van der Waals surface area contributed by atoms with Gasteiger partial charge in [0.1, 0.15) is 0 Å². The van der Waals surface area contributed by atoms with Gasteiger partial charge in [0.05, 0.1) is 0 Å². The molecule has 0 aliphatic heterocycles. The molecule has 0 nitrogen and oxygen atoms in total. The van der Waals surface area contributed by atoms with Crippen molar-refractivity contribution >= 4 is 24.8 Å². The zero-order valence-corrected chi connectivity index (χ0v) is 12.6. The zero-order chi connectivity index (χ0) is 7.23. The number of unbranched alkanes of at least 4 members (excludes halogenated alkanes) is 1. The first-order chi connectivity index (χ1) is 4.93. The van der Waals surface area contributed by atoms with E-state index in [1.165, 1.54) is 19.3 Å². The minimum absolute atomic E-state index is 0. The van der Waals surface area contributed by atoms with Gasteiger partial charge in [0.25, 0.3) is 0 Å². The van der Waals surface area contributed by atoms with Gasteiger partial charge in [-0.25, -0.2) is 0 Å².